The Labute approximate surface area is 211 Å². The van der Waals surface area contributed by atoms with Crippen LogP contribution < -0.4 is 15.0 Å². The van der Waals surface area contributed by atoms with Gasteiger partial charge in [0.05, 0.1) is 23.4 Å². The quantitative estimate of drug-likeness (QED) is 0.474. The van der Waals surface area contributed by atoms with Gasteiger partial charge in [-0.15, -0.1) is 11.3 Å². The Morgan fingerprint density at radius 3 is 2.51 bits per heavy atom. The summed E-state index contributed by atoms with van der Waals surface area (Å²) in [6.07, 6.45) is 5.19. The van der Waals surface area contributed by atoms with Gasteiger partial charge in [-0.1, -0.05) is 13.8 Å². The summed E-state index contributed by atoms with van der Waals surface area (Å²) in [7, 11) is 0. The summed E-state index contributed by atoms with van der Waals surface area (Å²) in [6.45, 7) is 9.26. The first-order valence-corrected chi connectivity index (χ1v) is 13.7. The van der Waals surface area contributed by atoms with E-state index in [0.717, 1.165) is 48.1 Å². The molecule has 35 heavy (non-hydrogen) atoms. The molecule has 2 amide bonds. The fraction of sp³-hybridized carbons (Fsp3) is 0.500. The Morgan fingerprint density at radius 1 is 1.14 bits per heavy atom. The summed E-state index contributed by atoms with van der Waals surface area (Å²) in [5, 5.41) is 3.32. The molecule has 1 fully saturated rings. The lowest BCUT2D eigenvalue weighted by atomic mass is 9.86. The molecule has 2 aliphatic rings. The second kappa shape index (κ2) is 9.34. The standard InChI is InChI=1S/C28H35N3O3S/c1-5-22-15-23-25(35-22)16-24-26(32)31(20-11-13-21(14-12-20)34-6-2)28(4,17-30(23)24)27(33)29-19-9-7-18(3)8-10-19/h11-16,18-19H,5-10,17H2,1-4H3,(H,29,33)/t18?,19?,28-/m1/s1. The Kier molecular flexibility index (Phi) is 6.38. The Balaban J connectivity index is 1.55. The molecule has 3 heterocycles. The van der Waals surface area contributed by atoms with Crippen LogP contribution in [-0.4, -0.2) is 34.6 Å². The number of anilines is 1. The van der Waals surface area contributed by atoms with Crippen LogP contribution in [0.2, 0.25) is 0 Å². The zero-order chi connectivity index (χ0) is 24.7. The minimum Gasteiger partial charge on any atom is -0.494 e. The molecule has 6 nitrogen and oxygen atoms in total. The molecule has 0 spiro atoms. The third-order valence-electron chi connectivity index (χ3n) is 7.62. The van der Waals surface area contributed by atoms with Crippen LogP contribution in [0.25, 0.3) is 10.2 Å². The lowest BCUT2D eigenvalue weighted by Crippen LogP contribution is -2.65. The van der Waals surface area contributed by atoms with Crippen LogP contribution in [0.15, 0.2) is 36.4 Å². The molecular formula is C28H35N3O3S. The summed E-state index contributed by atoms with van der Waals surface area (Å²) < 4.78 is 8.76. The van der Waals surface area contributed by atoms with Gasteiger partial charge in [-0.2, -0.15) is 0 Å². The van der Waals surface area contributed by atoms with E-state index in [0.29, 0.717) is 30.5 Å². The highest BCUT2D eigenvalue weighted by Gasteiger charge is 2.49. The number of aromatic nitrogens is 1. The Hall–Kier alpha value is -2.80. The van der Waals surface area contributed by atoms with Crippen LogP contribution in [0.5, 0.6) is 5.75 Å². The molecule has 1 aliphatic heterocycles. The van der Waals surface area contributed by atoms with E-state index in [2.05, 4.69) is 29.8 Å². The molecule has 1 atom stereocenters. The van der Waals surface area contributed by atoms with Gasteiger partial charge in [0.15, 0.2) is 0 Å². The number of nitrogens with zero attached hydrogens (tertiary/aromatic N) is 2. The number of benzene rings is 1. The van der Waals surface area contributed by atoms with Crippen LogP contribution in [0.4, 0.5) is 5.69 Å². The molecule has 0 saturated heterocycles. The number of thiophene rings is 1. The van der Waals surface area contributed by atoms with Crippen molar-refractivity contribution in [2.75, 3.05) is 11.5 Å². The smallest absolute Gasteiger partial charge is 0.275 e. The second-order valence-electron chi connectivity index (χ2n) is 10.2. The van der Waals surface area contributed by atoms with Crippen molar-refractivity contribution in [2.45, 2.75) is 77.9 Å². The van der Waals surface area contributed by atoms with E-state index in [4.69, 9.17) is 4.74 Å². The third-order valence-corrected chi connectivity index (χ3v) is 8.83. The van der Waals surface area contributed by atoms with Crippen LogP contribution >= 0.6 is 11.3 Å². The first-order chi connectivity index (χ1) is 16.8. The second-order valence-corrected chi connectivity index (χ2v) is 11.4. The summed E-state index contributed by atoms with van der Waals surface area (Å²) in [5.41, 5.74) is 1.34. The van der Waals surface area contributed by atoms with Crippen LogP contribution in [-0.2, 0) is 17.8 Å². The normalized spacial score (nSPS) is 24.5. The molecule has 1 saturated carbocycles. The largest absolute Gasteiger partial charge is 0.494 e. The predicted molar refractivity (Wildman–Crippen MR) is 142 cm³/mol. The number of nitrogens with one attached hydrogen (secondary N) is 1. The maximum absolute atomic E-state index is 14.0. The van der Waals surface area contributed by atoms with Gasteiger partial charge in [-0.05, 0) is 88.3 Å². The van der Waals surface area contributed by atoms with E-state index in [-0.39, 0.29) is 17.9 Å². The number of fused-ring (bicyclic) bond motifs is 3. The minimum absolute atomic E-state index is 0.0854. The van der Waals surface area contributed by atoms with Gasteiger partial charge in [-0.3, -0.25) is 14.5 Å². The molecule has 2 aromatic heterocycles. The number of hydrogen-bond donors (Lipinski definition) is 1. The molecule has 0 bridgehead atoms. The van der Waals surface area contributed by atoms with Gasteiger partial charge < -0.3 is 14.6 Å². The average Bonchev–Trinajstić information content (AvgIpc) is 3.40. The first-order valence-electron chi connectivity index (χ1n) is 12.8. The number of amides is 2. The summed E-state index contributed by atoms with van der Waals surface area (Å²) in [4.78, 5) is 30.9. The minimum atomic E-state index is -1.06. The fourth-order valence-corrected chi connectivity index (χ4v) is 6.55. The van der Waals surface area contributed by atoms with E-state index in [1.54, 1.807) is 16.2 Å². The lowest BCUT2D eigenvalue weighted by molar-refractivity contribution is -0.127. The molecule has 186 valence electrons. The van der Waals surface area contributed by atoms with Crippen molar-refractivity contribution in [1.82, 2.24) is 9.88 Å². The van der Waals surface area contributed by atoms with Crippen molar-refractivity contribution in [3.8, 4) is 5.75 Å². The van der Waals surface area contributed by atoms with Crippen molar-refractivity contribution < 1.29 is 14.3 Å². The zero-order valence-corrected chi connectivity index (χ0v) is 21.9. The van der Waals surface area contributed by atoms with Crippen LogP contribution in [0.3, 0.4) is 0 Å². The average molecular weight is 494 g/mol. The number of carbonyl (C=O) groups excluding carboxylic acids is 2. The number of carbonyl (C=O) groups is 2. The molecule has 1 N–H and O–H groups in total. The highest BCUT2D eigenvalue weighted by Crippen LogP contribution is 2.39. The first kappa shape index (κ1) is 23.9. The van der Waals surface area contributed by atoms with E-state index in [9.17, 15) is 9.59 Å². The number of rotatable bonds is 6. The molecule has 0 radical (unpaired) electrons. The molecule has 0 unspecified atom stereocenters. The van der Waals surface area contributed by atoms with Gasteiger partial charge in [-0.25, -0.2) is 0 Å². The summed E-state index contributed by atoms with van der Waals surface area (Å²) >= 11 is 1.73. The maximum atomic E-state index is 14.0. The lowest BCUT2D eigenvalue weighted by Gasteiger charge is -2.45. The summed E-state index contributed by atoms with van der Waals surface area (Å²) in [5.74, 6) is 1.23. The molecule has 1 aliphatic carbocycles. The predicted octanol–water partition coefficient (Wildman–Crippen LogP) is 5.78. The zero-order valence-electron chi connectivity index (χ0n) is 21.1. The van der Waals surface area contributed by atoms with E-state index in [1.165, 1.54) is 4.88 Å². The number of aryl methyl sites for hydroxylation is 1. The van der Waals surface area contributed by atoms with Crippen molar-refractivity contribution >= 4 is 39.1 Å². The van der Waals surface area contributed by atoms with Crippen molar-refractivity contribution in [1.29, 1.82) is 0 Å². The monoisotopic (exact) mass is 493 g/mol. The fourth-order valence-electron chi connectivity index (χ4n) is 5.51. The van der Waals surface area contributed by atoms with Crippen LogP contribution in [0, 0.1) is 5.92 Å². The number of ether oxygens (including phenoxy) is 1. The molecule has 1 aromatic carbocycles. The van der Waals surface area contributed by atoms with Gasteiger partial charge in [0.25, 0.3) is 5.91 Å². The SMILES string of the molecule is CCOc1ccc(N2C(=O)c3cc4sc(CC)cc4n3C[C@]2(C)C(=O)NC2CCC(C)CC2)cc1. The topological polar surface area (TPSA) is 63.6 Å². The van der Waals surface area contributed by atoms with E-state index >= 15 is 0 Å². The van der Waals surface area contributed by atoms with Gasteiger partial charge >= 0.3 is 0 Å². The summed E-state index contributed by atoms with van der Waals surface area (Å²) in [6, 6.07) is 11.8. The molecule has 3 aromatic rings. The third kappa shape index (κ3) is 4.24. The molecule has 7 heteroatoms. The molecular weight excluding hydrogens is 458 g/mol. The molecule has 5 rings (SSSR count). The van der Waals surface area contributed by atoms with Gasteiger partial charge in [0.2, 0.25) is 5.91 Å². The highest BCUT2D eigenvalue weighted by atomic mass is 32.1. The van der Waals surface area contributed by atoms with Crippen LogP contribution in [0.1, 0.15) is 68.7 Å². The van der Waals surface area contributed by atoms with E-state index < -0.39 is 5.54 Å². The highest BCUT2D eigenvalue weighted by molar-refractivity contribution is 7.19. The van der Waals surface area contributed by atoms with E-state index in [1.807, 2.05) is 44.2 Å². The number of hydrogen-bond acceptors (Lipinski definition) is 4. The van der Waals surface area contributed by atoms with Gasteiger partial charge in [0.1, 0.15) is 17.0 Å². The Bertz CT molecular complexity index is 1240. The van der Waals surface area contributed by atoms with Crippen molar-refractivity contribution in [3.05, 3.63) is 47.0 Å². The van der Waals surface area contributed by atoms with Crippen molar-refractivity contribution in [3.63, 3.8) is 0 Å². The Morgan fingerprint density at radius 2 is 1.86 bits per heavy atom. The van der Waals surface area contributed by atoms with Gasteiger partial charge in [0, 0.05) is 16.6 Å². The van der Waals surface area contributed by atoms with Crippen molar-refractivity contribution in [2.24, 2.45) is 5.92 Å². The maximum Gasteiger partial charge on any atom is 0.275 e.